The van der Waals surface area contributed by atoms with Gasteiger partial charge in [0.05, 0.1) is 17.5 Å². The van der Waals surface area contributed by atoms with Crippen molar-refractivity contribution in [3.63, 3.8) is 0 Å². The van der Waals surface area contributed by atoms with Crippen molar-refractivity contribution in [3.05, 3.63) is 28.7 Å². The van der Waals surface area contributed by atoms with E-state index in [1.165, 1.54) is 0 Å². The highest BCUT2D eigenvalue weighted by Crippen LogP contribution is 2.15. The van der Waals surface area contributed by atoms with Crippen LogP contribution in [0.1, 0.15) is 34.2 Å². The molecule has 17 heavy (non-hydrogen) atoms. The molecular weight excluding hydrogens is 218 g/mol. The summed E-state index contributed by atoms with van der Waals surface area (Å²) >= 11 is 0. The van der Waals surface area contributed by atoms with Gasteiger partial charge in [0.2, 0.25) is 0 Å². The molecule has 6 nitrogen and oxygen atoms in total. The van der Waals surface area contributed by atoms with Crippen molar-refractivity contribution < 1.29 is 4.79 Å². The number of carbonyl (C=O) groups excluding carboxylic acids is 1. The van der Waals surface area contributed by atoms with Crippen LogP contribution in [-0.4, -0.2) is 26.3 Å². The third kappa shape index (κ3) is 2.06. The molecule has 2 rings (SSSR count). The lowest BCUT2D eigenvalue weighted by Crippen LogP contribution is -2.15. The van der Waals surface area contributed by atoms with Crippen LogP contribution in [-0.2, 0) is 6.42 Å². The molecule has 2 aromatic rings. The molecule has 0 bridgehead atoms. The summed E-state index contributed by atoms with van der Waals surface area (Å²) in [6.45, 7) is 5.63. The van der Waals surface area contributed by atoms with Gasteiger partial charge in [-0.3, -0.25) is 15.0 Å². The number of hydrogen-bond donors (Lipinski definition) is 3. The number of H-pyrrole nitrogens is 2. The first-order valence-corrected chi connectivity index (χ1v) is 5.48. The van der Waals surface area contributed by atoms with Crippen LogP contribution in [0.4, 0.5) is 5.82 Å². The first kappa shape index (κ1) is 11.4. The zero-order valence-electron chi connectivity index (χ0n) is 10.1. The second-order valence-electron chi connectivity index (χ2n) is 3.89. The Labute approximate surface area is 98.8 Å². The zero-order valence-corrected chi connectivity index (χ0v) is 10.1. The number of anilines is 1. The van der Waals surface area contributed by atoms with E-state index in [2.05, 4.69) is 25.7 Å². The van der Waals surface area contributed by atoms with Gasteiger partial charge in [0.25, 0.3) is 5.91 Å². The quantitative estimate of drug-likeness (QED) is 0.752. The maximum Gasteiger partial charge on any atom is 0.260 e. The molecule has 6 heteroatoms. The van der Waals surface area contributed by atoms with Gasteiger partial charge in [0.1, 0.15) is 5.82 Å². The van der Waals surface area contributed by atoms with Gasteiger partial charge in [-0.25, -0.2) is 0 Å². The summed E-state index contributed by atoms with van der Waals surface area (Å²) in [6.07, 6.45) is 2.53. The van der Waals surface area contributed by atoms with Crippen molar-refractivity contribution in [1.29, 1.82) is 0 Å². The zero-order chi connectivity index (χ0) is 12.4. The summed E-state index contributed by atoms with van der Waals surface area (Å²) in [6, 6.07) is 0. The smallest absolute Gasteiger partial charge is 0.260 e. The lowest BCUT2D eigenvalue weighted by Gasteiger charge is -2.04. The van der Waals surface area contributed by atoms with E-state index in [1.54, 1.807) is 13.1 Å². The average molecular weight is 233 g/mol. The van der Waals surface area contributed by atoms with E-state index in [9.17, 15) is 4.79 Å². The van der Waals surface area contributed by atoms with Gasteiger partial charge >= 0.3 is 0 Å². The van der Waals surface area contributed by atoms with Crippen molar-refractivity contribution >= 4 is 11.7 Å². The Morgan fingerprint density at radius 1 is 1.41 bits per heavy atom. The average Bonchev–Trinajstić information content (AvgIpc) is 2.85. The Bertz CT molecular complexity index is 520. The van der Waals surface area contributed by atoms with Gasteiger partial charge in [-0.1, -0.05) is 6.92 Å². The van der Waals surface area contributed by atoms with E-state index in [1.807, 2.05) is 13.8 Å². The van der Waals surface area contributed by atoms with Crippen LogP contribution < -0.4 is 5.32 Å². The van der Waals surface area contributed by atoms with Crippen molar-refractivity contribution in [1.82, 2.24) is 20.4 Å². The summed E-state index contributed by atoms with van der Waals surface area (Å²) in [5.74, 6) is 0.477. The van der Waals surface area contributed by atoms with Crippen LogP contribution in [0, 0.1) is 13.8 Å². The molecule has 0 radical (unpaired) electrons. The Morgan fingerprint density at radius 2 is 2.18 bits per heavy atom. The minimum Gasteiger partial charge on any atom is -0.307 e. The Kier molecular flexibility index (Phi) is 2.95. The van der Waals surface area contributed by atoms with Crippen LogP contribution in [0.5, 0.6) is 0 Å². The lowest BCUT2D eigenvalue weighted by atomic mass is 10.2. The maximum absolute atomic E-state index is 12.1. The van der Waals surface area contributed by atoms with E-state index in [4.69, 9.17) is 0 Å². The largest absolute Gasteiger partial charge is 0.307 e. The summed E-state index contributed by atoms with van der Waals surface area (Å²) < 4.78 is 0. The number of amides is 1. The van der Waals surface area contributed by atoms with E-state index >= 15 is 0 Å². The molecule has 0 spiro atoms. The number of hydrogen-bond acceptors (Lipinski definition) is 3. The molecule has 0 atom stereocenters. The summed E-state index contributed by atoms with van der Waals surface area (Å²) in [5, 5.41) is 16.3. The third-order valence-electron chi connectivity index (χ3n) is 2.69. The standard InChI is InChI=1S/C11H15N5O/c1-4-8-5-12-16-10(8)13-11(17)9-6(2)14-15-7(9)3/h5H,4H2,1-3H3,(H,14,15)(H2,12,13,16,17). The van der Waals surface area contributed by atoms with Gasteiger partial charge in [-0.15, -0.1) is 0 Å². The molecular formula is C11H15N5O. The molecule has 0 fully saturated rings. The number of nitrogens with zero attached hydrogens (tertiary/aromatic N) is 2. The maximum atomic E-state index is 12.1. The van der Waals surface area contributed by atoms with Crippen LogP contribution in [0.3, 0.4) is 0 Å². The summed E-state index contributed by atoms with van der Waals surface area (Å²) in [4.78, 5) is 12.1. The van der Waals surface area contributed by atoms with Gasteiger partial charge in [0.15, 0.2) is 0 Å². The van der Waals surface area contributed by atoms with E-state index in [-0.39, 0.29) is 5.91 Å². The topological polar surface area (TPSA) is 86.5 Å². The number of rotatable bonds is 3. The molecule has 0 aliphatic heterocycles. The molecule has 0 unspecified atom stereocenters. The van der Waals surface area contributed by atoms with Gasteiger partial charge in [0, 0.05) is 11.3 Å². The molecule has 0 aliphatic rings. The summed E-state index contributed by atoms with van der Waals surface area (Å²) in [7, 11) is 0. The fourth-order valence-corrected chi connectivity index (χ4v) is 1.75. The lowest BCUT2D eigenvalue weighted by molar-refractivity contribution is 0.102. The number of nitrogens with one attached hydrogen (secondary N) is 3. The highest BCUT2D eigenvalue weighted by atomic mass is 16.1. The molecule has 2 heterocycles. The van der Waals surface area contributed by atoms with Crippen molar-refractivity contribution in [3.8, 4) is 0 Å². The molecule has 90 valence electrons. The highest BCUT2D eigenvalue weighted by Gasteiger charge is 2.16. The number of aromatic nitrogens is 4. The highest BCUT2D eigenvalue weighted by molar-refractivity contribution is 6.05. The fraction of sp³-hybridized carbons (Fsp3) is 0.364. The first-order chi connectivity index (χ1) is 8.13. The van der Waals surface area contributed by atoms with Crippen molar-refractivity contribution in [2.45, 2.75) is 27.2 Å². The fourth-order valence-electron chi connectivity index (χ4n) is 1.75. The molecule has 1 amide bonds. The SMILES string of the molecule is CCc1cn[nH]c1NC(=O)c1c(C)n[nH]c1C. The third-order valence-corrected chi connectivity index (χ3v) is 2.69. The van der Waals surface area contributed by atoms with Crippen molar-refractivity contribution in [2.75, 3.05) is 5.32 Å². The second kappa shape index (κ2) is 4.40. The van der Waals surface area contributed by atoms with Crippen molar-refractivity contribution in [2.24, 2.45) is 0 Å². The Hall–Kier alpha value is -2.11. The second-order valence-corrected chi connectivity index (χ2v) is 3.89. The minimum atomic E-state index is -0.173. The van der Waals surface area contributed by atoms with Crippen LogP contribution in [0.25, 0.3) is 0 Å². The molecule has 0 saturated heterocycles. The van der Waals surface area contributed by atoms with Gasteiger partial charge in [-0.2, -0.15) is 10.2 Å². The molecule has 0 saturated carbocycles. The predicted octanol–water partition coefficient (Wildman–Crippen LogP) is 1.56. The molecule has 0 aromatic carbocycles. The monoisotopic (exact) mass is 233 g/mol. The normalized spacial score (nSPS) is 10.5. The van der Waals surface area contributed by atoms with Crippen LogP contribution >= 0.6 is 0 Å². The van der Waals surface area contributed by atoms with Gasteiger partial charge in [-0.05, 0) is 20.3 Å². The Balaban J connectivity index is 2.23. The first-order valence-electron chi connectivity index (χ1n) is 5.48. The summed E-state index contributed by atoms with van der Waals surface area (Å²) in [5.41, 5.74) is 3.02. The van der Waals surface area contributed by atoms with E-state index in [0.29, 0.717) is 17.1 Å². The van der Waals surface area contributed by atoms with E-state index in [0.717, 1.165) is 17.7 Å². The predicted molar refractivity (Wildman–Crippen MR) is 64.0 cm³/mol. The molecule has 2 aromatic heterocycles. The number of aryl methyl sites for hydroxylation is 3. The van der Waals surface area contributed by atoms with Crippen LogP contribution in [0.15, 0.2) is 6.20 Å². The van der Waals surface area contributed by atoms with Gasteiger partial charge < -0.3 is 5.32 Å². The molecule has 0 aliphatic carbocycles. The molecule has 3 N–H and O–H groups in total. The Morgan fingerprint density at radius 3 is 2.76 bits per heavy atom. The van der Waals surface area contributed by atoms with E-state index < -0.39 is 0 Å². The van der Waals surface area contributed by atoms with Crippen LogP contribution in [0.2, 0.25) is 0 Å². The number of aromatic amines is 2. The minimum absolute atomic E-state index is 0.173. The number of carbonyl (C=O) groups is 1.